The standard InChI is InChI=1S/C22H16F2N2O2S/c23-17-5-4-14(7-18(17)24)19-11-29-22(25-19)26-21(27)9-15-10-28-20-8-13-3-1-2-12(13)6-16(15)20/h4-8,10-11H,1-3,9H2,(H,25,26,27). The lowest BCUT2D eigenvalue weighted by Crippen LogP contribution is -2.14. The average molecular weight is 410 g/mol. The summed E-state index contributed by atoms with van der Waals surface area (Å²) in [5.41, 5.74) is 5.24. The van der Waals surface area contributed by atoms with Crippen molar-refractivity contribution in [1.29, 1.82) is 0 Å². The smallest absolute Gasteiger partial charge is 0.230 e. The van der Waals surface area contributed by atoms with Gasteiger partial charge >= 0.3 is 0 Å². The number of hydrogen-bond donors (Lipinski definition) is 1. The zero-order chi connectivity index (χ0) is 20.0. The van der Waals surface area contributed by atoms with Crippen LogP contribution in [0.5, 0.6) is 0 Å². The number of carbonyl (C=O) groups is 1. The zero-order valence-electron chi connectivity index (χ0n) is 15.3. The lowest BCUT2D eigenvalue weighted by molar-refractivity contribution is -0.115. The van der Waals surface area contributed by atoms with E-state index in [-0.39, 0.29) is 12.3 Å². The number of carbonyl (C=O) groups excluding carboxylic acids is 1. The Morgan fingerprint density at radius 3 is 2.79 bits per heavy atom. The SMILES string of the molecule is O=C(Cc1coc2cc3c(cc12)CCC3)Nc1nc(-c2ccc(F)c(F)c2)cs1. The first-order valence-corrected chi connectivity index (χ1v) is 10.2. The number of thiazole rings is 1. The molecule has 5 rings (SSSR count). The summed E-state index contributed by atoms with van der Waals surface area (Å²) in [4.78, 5) is 16.8. The summed E-state index contributed by atoms with van der Waals surface area (Å²) >= 11 is 1.23. The molecule has 0 aliphatic heterocycles. The number of anilines is 1. The largest absolute Gasteiger partial charge is 0.464 e. The first-order chi connectivity index (χ1) is 14.1. The Balaban J connectivity index is 1.32. The maximum Gasteiger partial charge on any atom is 0.230 e. The number of halogens is 2. The molecular weight excluding hydrogens is 394 g/mol. The molecule has 0 fully saturated rings. The Labute approximate surface area is 169 Å². The van der Waals surface area contributed by atoms with E-state index in [1.807, 2.05) is 0 Å². The van der Waals surface area contributed by atoms with E-state index in [0.717, 1.165) is 47.9 Å². The summed E-state index contributed by atoms with van der Waals surface area (Å²) < 4.78 is 32.2. The van der Waals surface area contributed by atoms with E-state index in [1.165, 1.54) is 28.5 Å². The second-order valence-electron chi connectivity index (χ2n) is 7.12. The molecule has 0 saturated carbocycles. The van der Waals surface area contributed by atoms with Gasteiger partial charge in [-0.25, -0.2) is 13.8 Å². The van der Waals surface area contributed by atoms with Crippen LogP contribution in [0.15, 0.2) is 46.4 Å². The van der Waals surface area contributed by atoms with Crippen molar-refractivity contribution in [2.75, 3.05) is 5.32 Å². The highest BCUT2D eigenvalue weighted by Crippen LogP contribution is 2.31. The molecule has 0 unspecified atom stereocenters. The molecule has 1 aliphatic carbocycles. The van der Waals surface area contributed by atoms with Gasteiger partial charge in [-0.2, -0.15) is 0 Å². The Morgan fingerprint density at radius 1 is 1.14 bits per heavy atom. The van der Waals surface area contributed by atoms with Crippen molar-refractivity contribution in [2.24, 2.45) is 0 Å². The fourth-order valence-electron chi connectivity index (χ4n) is 3.74. The molecule has 1 aliphatic rings. The first-order valence-electron chi connectivity index (χ1n) is 9.29. The van der Waals surface area contributed by atoms with Crippen LogP contribution in [0.2, 0.25) is 0 Å². The average Bonchev–Trinajstić information content (AvgIpc) is 3.43. The third-order valence-corrected chi connectivity index (χ3v) is 5.94. The molecule has 4 nitrogen and oxygen atoms in total. The maximum absolute atomic E-state index is 13.4. The molecule has 1 N–H and O–H groups in total. The predicted molar refractivity (Wildman–Crippen MR) is 108 cm³/mol. The van der Waals surface area contributed by atoms with Gasteiger partial charge in [0.2, 0.25) is 5.91 Å². The summed E-state index contributed by atoms with van der Waals surface area (Å²) in [7, 11) is 0. The highest BCUT2D eigenvalue weighted by Gasteiger charge is 2.17. The molecule has 4 aromatic rings. The van der Waals surface area contributed by atoms with Gasteiger partial charge in [0.15, 0.2) is 16.8 Å². The van der Waals surface area contributed by atoms with E-state index in [2.05, 4.69) is 22.4 Å². The molecular formula is C22H16F2N2O2S. The van der Waals surface area contributed by atoms with Gasteiger partial charge in [-0.1, -0.05) is 0 Å². The highest BCUT2D eigenvalue weighted by molar-refractivity contribution is 7.14. The highest BCUT2D eigenvalue weighted by atomic mass is 32.1. The number of benzene rings is 2. The fourth-order valence-corrected chi connectivity index (χ4v) is 4.48. The van der Waals surface area contributed by atoms with Gasteiger partial charge in [-0.05, 0) is 60.7 Å². The number of aromatic nitrogens is 1. The third-order valence-electron chi connectivity index (χ3n) is 5.19. The van der Waals surface area contributed by atoms with Gasteiger partial charge in [-0.3, -0.25) is 4.79 Å². The first kappa shape index (κ1) is 18.0. The predicted octanol–water partition coefficient (Wildman–Crippen LogP) is 5.50. The van der Waals surface area contributed by atoms with Gasteiger partial charge in [-0.15, -0.1) is 11.3 Å². The number of nitrogens with zero attached hydrogens (tertiary/aromatic N) is 1. The van der Waals surface area contributed by atoms with Gasteiger partial charge in [0.25, 0.3) is 0 Å². The molecule has 0 spiro atoms. The van der Waals surface area contributed by atoms with Crippen LogP contribution in [0.25, 0.3) is 22.2 Å². The van der Waals surface area contributed by atoms with E-state index in [4.69, 9.17) is 4.42 Å². The minimum atomic E-state index is -0.931. The molecule has 2 aromatic heterocycles. The second kappa shape index (κ2) is 7.08. The van der Waals surface area contributed by atoms with Crippen LogP contribution in [-0.2, 0) is 24.1 Å². The number of furan rings is 1. The Morgan fingerprint density at radius 2 is 1.97 bits per heavy atom. The van der Waals surface area contributed by atoms with Crippen molar-refractivity contribution in [3.05, 3.63) is 70.3 Å². The molecule has 146 valence electrons. The van der Waals surface area contributed by atoms with Crippen molar-refractivity contribution in [3.8, 4) is 11.3 Å². The van der Waals surface area contributed by atoms with Crippen LogP contribution in [0.4, 0.5) is 13.9 Å². The van der Waals surface area contributed by atoms with Crippen molar-refractivity contribution in [2.45, 2.75) is 25.7 Å². The Hall–Kier alpha value is -3.06. The summed E-state index contributed by atoms with van der Waals surface area (Å²) in [5, 5.41) is 5.85. The van der Waals surface area contributed by atoms with Crippen LogP contribution < -0.4 is 5.32 Å². The van der Waals surface area contributed by atoms with Gasteiger partial charge in [0.05, 0.1) is 18.4 Å². The zero-order valence-corrected chi connectivity index (χ0v) is 16.1. The minimum absolute atomic E-state index is 0.172. The van der Waals surface area contributed by atoms with Gasteiger partial charge in [0.1, 0.15) is 5.58 Å². The number of rotatable bonds is 4. The lowest BCUT2D eigenvalue weighted by atomic mass is 10.0. The topological polar surface area (TPSA) is 55.1 Å². The van der Waals surface area contributed by atoms with E-state index in [0.29, 0.717) is 16.4 Å². The number of nitrogens with one attached hydrogen (secondary N) is 1. The molecule has 29 heavy (non-hydrogen) atoms. The monoisotopic (exact) mass is 410 g/mol. The molecule has 2 heterocycles. The van der Waals surface area contributed by atoms with Crippen molar-refractivity contribution < 1.29 is 18.0 Å². The molecule has 2 aromatic carbocycles. The minimum Gasteiger partial charge on any atom is -0.464 e. The number of hydrogen-bond acceptors (Lipinski definition) is 4. The van der Waals surface area contributed by atoms with Crippen LogP contribution in [-0.4, -0.2) is 10.9 Å². The molecule has 1 amide bonds. The van der Waals surface area contributed by atoms with Crippen LogP contribution >= 0.6 is 11.3 Å². The third kappa shape index (κ3) is 3.42. The van der Waals surface area contributed by atoms with Crippen molar-refractivity contribution in [1.82, 2.24) is 4.98 Å². The number of aryl methyl sites for hydroxylation is 2. The van der Waals surface area contributed by atoms with Crippen molar-refractivity contribution in [3.63, 3.8) is 0 Å². The normalized spacial score (nSPS) is 13.0. The van der Waals surface area contributed by atoms with Crippen LogP contribution in [0, 0.1) is 11.6 Å². The molecule has 7 heteroatoms. The van der Waals surface area contributed by atoms with E-state index in [1.54, 1.807) is 11.6 Å². The van der Waals surface area contributed by atoms with Crippen molar-refractivity contribution >= 4 is 33.3 Å². The summed E-state index contributed by atoms with van der Waals surface area (Å²) in [6.45, 7) is 0. The summed E-state index contributed by atoms with van der Waals surface area (Å²) in [6.07, 6.45) is 5.10. The quantitative estimate of drug-likeness (QED) is 0.483. The van der Waals surface area contributed by atoms with Crippen LogP contribution in [0.3, 0.4) is 0 Å². The maximum atomic E-state index is 13.4. The summed E-state index contributed by atoms with van der Waals surface area (Å²) in [6, 6.07) is 7.81. The lowest BCUT2D eigenvalue weighted by Gasteiger charge is -2.02. The second-order valence-corrected chi connectivity index (χ2v) is 7.98. The van der Waals surface area contributed by atoms with Gasteiger partial charge < -0.3 is 9.73 Å². The molecule has 0 saturated heterocycles. The fraction of sp³-hybridized carbons (Fsp3) is 0.182. The van der Waals surface area contributed by atoms with E-state index in [9.17, 15) is 13.6 Å². The Kier molecular flexibility index (Phi) is 4.39. The summed E-state index contributed by atoms with van der Waals surface area (Å²) in [5.74, 6) is -2.05. The van der Waals surface area contributed by atoms with E-state index >= 15 is 0 Å². The van der Waals surface area contributed by atoms with Crippen LogP contribution in [0.1, 0.15) is 23.1 Å². The van der Waals surface area contributed by atoms with E-state index < -0.39 is 11.6 Å². The van der Waals surface area contributed by atoms with Gasteiger partial charge in [0, 0.05) is 21.9 Å². The molecule has 0 bridgehead atoms. The molecule has 0 radical (unpaired) electrons. The number of amides is 1. The Bertz CT molecular complexity index is 1250. The molecule has 0 atom stereocenters. The number of fused-ring (bicyclic) bond motifs is 2.